The molecule has 0 fully saturated rings. The molecule has 0 unspecified atom stereocenters. The molecule has 0 radical (unpaired) electrons. The number of ether oxygens (including phenoxy) is 1. The number of hydrogen-bond donors (Lipinski definition) is 1. The first-order chi connectivity index (χ1) is 13.8. The summed E-state index contributed by atoms with van der Waals surface area (Å²) in [6.45, 7) is 3.31. The highest BCUT2D eigenvalue weighted by atomic mass is 79.9. The van der Waals surface area contributed by atoms with Gasteiger partial charge in [-0.25, -0.2) is 9.78 Å². The molecular weight excluding hydrogens is 462 g/mol. The van der Waals surface area contributed by atoms with Crippen molar-refractivity contribution in [1.29, 1.82) is 0 Å². The summed E-state index contributed by atoms with van der Waals surface area (Å²) in [4.78, 5) is 28.3. The molecule has 0 aliphatic carbocycles. The van der Waals surface area contributed by atoms with Gasteiger partial charge < -0.3 is 9.84 Å². The second kappa shape index (κ2) is 8.75. The molecule has 0 saturated heterocycles. The average molecular weight is 479 g/mol. The monoisotopic (exact) mass is 477 g/mol. The molecule has 29 heavy (non-hydrogen) atoms. The maximum absolute atomic E-state index is 12.9. The fourth-order valence-electron chi connectivity index (χ4n) is 2.60. The summed E-state index contributed by atoms with van der Waals surface area (Å²) in [5.74, 6) is -0.307. The predicted molar refractivity (Wildman–Crippen MR) is 115 cm³/mol. The Morgan fingerprint density at radius 2 is 2.14 bits per heavy atom. The van der Waals surface area contributed by atoms with Crippen LogP contribution in [-0.2, 0) is 11.2 Å². The fraction of sp³-hybridized carbons (Fsp3) is 0.200. The molecule has 9 heteroatoms. The van der Waals surface area contributed by atoms with Crippen LogP contribution < -0.4 is 10.3 Å². The summed E-state index contributed by atoms with van der Waals surface area (Å²) in [6, 6.07) is 10.1. The van der Waals surface area contributed by atoms with E-state index in [-0.39, 0.29) is 16.3 Å². The highest BCUT2D eigenvalue weighted by Crippen LogP contribution is 2.26. The molecule has 0 saturated carbocycles. The molecule has 0 aliphatic rings. The zero-order valence-electron chi connectivity index (χ0n) is 15.6. The number of benzene rings is 2. The molecule has 3 aromatic rings. The van der Waals surface area contributed by atoms with E-state index in [0.717, 1.165) is 4.47 Å². The van der Waals surface area contributed by atoms with Crippen LogP contribution in [0.2, 0.25) is 5.02 Å². The standard InChI is InChI=1S/C20H17BrClN3O4/c1-3-18-24-16-6-5-13(21)9-14(16)19(26)25(18)23-10-12-4-7-17(15(22)8-12)29-11(2)20(27)28/h4-11H,3H2,1-2H3,(H,27,28)/t11-/m0/s1. The first kappa shape index (κ1) is 21.0. The number of hydrogen-bond acceptors (Lipinski definition) is 5. The lowest BCUT2D eigenvalue weighted by molar-refractivity contribution is -0.144. The molecule has 0 bridgehead atoms. The van der Waals surface area contributed by atoms with Crippen molar-refractivity contribution in [2.45, 2.75) is 26.4 Å². The van der Waals surface area contributed by atoms with Crippen molar-refractivity contribution >= 4 is 50.6 Å². The Kier molecular flexibility index (Phi) is 6.34. The van der Waals surface area contributed by atoms with Crippen LogP contribution in [0.1, 0.15) is 25.2 Å². The third-order valence-corrected chi connectivity index (χ3v) is 4.91. The zero-order valence-corrected chi connectivity index (χ0v) is 17.9. The molecule has 1 heterocycles. The number of aromatic nitrogens is 2. The van der Waals surface area contributed by atoms with E-state index in [2.05, 4.69) is 26.0 Å². The minimum absolute atomic E-state index is 0.241. The van der Waals surface area contributed by atoms with Gasteiger partial charge in [-0.3, -0.25) is 4.79 Å². The normalized spacial score (nSPS) is 12.4. The maximum atomic E-state index is 12.9. The van der Waals surface area contributed by atoms with Crippen molar-refractivity contribution in [3.05, 3.63) is 67.6 Å². The van der Waals surface area contributed by atoms with E-state index in [1.165, 1.54) is 17.8 Å². The molecule has 0 spiro atoms. The number of halogens is 2. The lowest BCUT2D eigenvalue weighted by Crippen LogP contribution is -2.23. The maximum Gasteiger partial charge on any atom is 0.344 e. The largest absolute Gasteiger partial charge is 0.479 e. The van der Waals surface area contributed by atoms with Crippen molar-refractivity contribution in [1.82, 2.24) is 9.66 Å². The SMILES string of the molecule is CCc1nc2ccc(Br)cc2c(=O)n1N=Cc1ccc(O[C@@H](C)C(=O)O)c(Cl)c1. The first-order valence-electron chi connectivity index (χ1n) is 8.74. The molecular formula is C20H17BrClN3O4. The van der Waals surface area contributed by atoms with Crippen LogP contribution in [0, 0.1) is 0 Å². The highest BCUT2D eigenvalue weighted by Gasteiger charge is 2.14. The van der Waals surface area contributed by atoms with Crippen molar-refractivity contribution in [2.24, 2.45) is 5.10 Å². The smallest absolute Gasteiger partial charge is 0.344 e. The van der Waals surface area contributed by atoms with E-state index in [4.69, 9.17) is 21.4 Å². The number of aryl methyl sites for hydroxylation is 1. The van der Waals surface area contributed by atoms with Gasteiger partial charge in [-0.05, 0) is 48.9 Å². The summed E-state index contributed by atoms with van der Waals surface area (Å²) < 4.78 is 7.34. The summed E-state index contributed by atoms with van der Waals surface area (Å²) in [5, 5.41) is 13.9. The van der Waals surface area contributed by atoms with Crippen LogP contribution in [0.25, 0.3) is 10.9 Å². The Morgan fingerprint density at radius 3 is 2.79 bits per heavy atom. The van der Waals surface area contributed by atoms with Gasteiger partial charge in [-0.2, -0.15) is 9.78 Å². The minimum Gasteiger partial charge on any atom is -0.479 e. The minimum atomic E-state index is -1.09. The molecule has 1 atom stereocenters. The third-order valence-electron chi connectivity index (χ3n) is 4.12. The molecule has 7 nitrogen and oxygen atoms in total. The summed E-state index contributed by atoms with van der Waals surface area (Å²) in [7, 11) is 0. The Hall–Kier alpha value is -2.71. The Morgan fingerprint density at radius 1 is 1.38 bits per heavy atom. The summed E-state index contributed by atoms with van der Waals surface area (Å²) in [5.41, 5.74) is 0.956. The van der Waals surface area contributed by atoms with E-state index in [9.17, 15) is 9.59 Å². The van der Waals surface area contributed by atoms with Crippen LogP contribution in [-0.4, -0.2) is 33.1 Å². The van der Waals surface area contributed by atoms with Crippen LogP contribution in [0.5, 0.6) is 5.75 Å². The molecule has 1 N–H and O–H groups in total. The quantitative estimate of drug-likeness (QED) is 0.538. The van der Waals surface area contributed by atoms with Gasteiger partial charge in [0.1, 0.15) is 11.6 Å². The van der Waals surface area contributed by atoms with Crippen LogP contribution >= 0.6 is 27.5 Å². The lowest BCUT2D eigenvalue weighted by Gasteiger charge is -2.12. The number of aliphatic carboxylic acids is 1. The van der Waals surface area contributed by atoms with Crippen molar-refractivity contribution in [3.8, 4) is 5.75 Å². The van der Waals surface area contributed by atoms with Crippen molar-refractivity contribution in [3.63, 3.8) is 0 Å². The van der Waals surface area contributed by atoms with Gasteiger partial charge >= 0.3 is 5.97 Å². The lowest BCUT2D eigenvalue weighted by atomic mass is 10.2. The molecule has 2 aromatic carbocycles. The summed E-state index contributed by atoms with van der Waals surface area (Å²) >= 11 is 9.54. The fourth-order valence-corrected chi connectivity index (χ4v) is 3.20. The van der Waals surface area contributed by atoms with Gasteiger partial charge in [-0.1, -0.05) is 34.5 Å². The van der Waals surface area contributed by atoms with Crippen molar-refractivity contribution in [2.75, 3.05) is 0 Å². The topological polar surface area (TPSA) is 93.8 Å². The number of rotatable bonds is 6. The number of carbonyl (C=O) groups is 1. The molecule has 0 aliphatic heterocycles. The van der Waals surface area contributed by atoms with Gasteiger partial charge in [0.15, 0.2) is 6.10 Å². The Labute approximate surface area is 179 Å². The molecule has 0 amide bonds. The van der Waals surface area contributed by atoms with Crippen LogP contribution in [0.3, 0.4) is 0 Å². The van der Waals surface area contributed by atoms with Gasteiger partial charge in [0.05, 0.1) is 22.1 Å². The van der Waals surface area contributed by atoms with E-state index < -0.39 is 12.1 Å². The number of carboxylic acids is 1. The van der Waals surface area contributed by atoms with E-state index in [1.54, 1.807) is 30.3 Å². The van der Waals surface area contributed by atoms with Crippen molar-refractivity contribution < 1.29 is 14.6 Å². The van der Waals surface area contributed by atoms with Gasteiger partial charge in [0.2, 0.25) is 0 Å². The van der Waals surface area contributed by atoms with Crippen LogP contribution in [0.4, 0.5) is 0 Å². The molecule has 150 valence electrons. The predicted octanol–water partition coefficient (Wildman–Crippen LogP) is 4.11. The zero-order chi connectivity index (χ0) is 21.1. The Balaban J connectivity index is 1.96. The average Bonchev–Trinajstić information content (AvgIpc) is 2.69. The number of nitrogens with zero attached hydrogens (tertiary/aromatic N) is 3. The van der Waals surface area contributed by atoms with Gasteiger partial charge in [-0.15, -0.1) is 0 Å². The van der Waals surface area contributed by atoms with E-state index in [1.807, 2.05) is 13.0 Å². The second-order valence-corrected chi connectivity index (χ2v) is 7.52. The second-order valence-electron chi connectivity index (χ2n) is 6.19. The van der Waals surface area contributed by atoms with Gasteiger partial charge in [0.25, 0.3) is 5.56 Å². The van der Waals surface area contributed by atoms with E-state index in [0.29, 0.717) is 28.7 Å². The highest BCUT2D eigenvalue weighted by molar-refractivity contribution is 9.10. The Bertz CT molecular complexity index is 1180. The number of fused-ring (bicyclic) bond motifs is 1. The van der Waals surface area contributed by atoms with Gasteiger partial charge in [0, 0.05) is 10.9 Å². The third kappa shape index (κ3) is 4.65. The molecule has 3 rings (SSSR count). The van der Waals surface area contributed by atoms with Crippen LogP contribution in [0.15, 0.2) is 50.8 Å². The number of carboxylic acid groups (broad SMARTS) is 1. The first-order valence-corrected chi connectivity index (χ1v) is 9.91. The van der Waals surface area contributed by atoms with E-state index >= 15 is 0 Å². The molecule has 1 aromatic heterocycles. The summed E-state index contributed by atoms with van der Waals surface area (Å²) in [6.07, 6.45) is 0.988.